The molecule has 10 heavy (non-hydrogen) atoms. The average molecular weight is 159 g/mol. The van der Waals surface area contributed by atoms with Crippen LogP contribution in [0.3, 0.4) is 0 Å². The topological polar surface area (TPSA) is 59.1 Å². The summed E-state index contributed by atoms with van der Waals surface area (Å²) in [6.07, 6.45) is 0. The smallest absolute Gasteiger partial charge is 0.125 e. The van der Waals surface area contributed by atoms with Crippen molar-refractivity contribution >= 4 is 17.4 Å². The second kappa shape index (κ2) is 2.86. The first-order valence-electron chi connectivity index (χ1n) is 2.75. The Morgan fingerprint density at radius 3 is 2.80 bits per heavy atom. The van der Waals surface area contributed by atoms with Crippen LogP contribution in [0.5, 0.6) is 0 Å². The van der Waals surface area contributed by atoms with E-state index in [1.165, 1.54) is 6.07 Å². The second-order valence-corrected chi connectivity index (χ2v) is 2.30. The van der Waals surface area contributed by atoms with Crippen molar-refractivity contribution in [1.29, 1.82) is 0 Å². The molecule has 1 aromatic rings. The molecule has 0 aliphatic carbocycles. The van der Waals surface area contributed by atoms with E-state index in [-0.39, 0.29) is 6.61 Å². The molecule has 1 aromatic heterocycles. The molecule has 54 valence electrons. The van der Waals surface area contributed by atoms with Gasteiger partial charge in [-0.2, -0.15) is 0 Å². The molecule has 0 saturated carbocycles. The number of hydrogen-bond acceptors (Lipinski definition) is 3. The summed E-state index contributed by atoms with van der Waals surface area (Å²) in [5.41, 5.74) is 5.82. The molecule has 4 heteroatoms. The van der Waals surface area contributed by atoms with Crippen LogP contribution in [-0.2, 0) is 6.61 Å². The van der Waals surface area contributed by atoms with Crippen molar-refractivity contribution in [2.45, 2.75) is 6.61 Å². The fourth-order valence-corrected chi connectivity index (χ4v) is 0.891. The lowest BCUT2D eigenvalue weighted by Gasteiger charge is -1.97. The van der Waals surface area contributed by atoms with Gasteiger partial charge in [-0.3, -0.25) is 0 Å². The van der Waals surface area contributed by atoms with E-state index in [0.29, 0.717) is 16.5 Å². The number of nitrogens with two attached hydrogens (primary N) is 1. The van der Waals surface area contributed by atoms with Crippen LogP contribution in [0, 0.1) is 0 Å². The van der Waals surface area contributed by atoms with Crippen LogP contribution in [-0.4, -0.2) is 10.1 Å². The van der Waals surface area contributed by atoms with Crippen molar-refractivity contribution in [2.75, 3.05) is 5.73 Å². The van der Waals surface area contributed by atoms with Crippen molar-refractivity contribution in [3.05, 3.63) is 22.8 Å². The predicted molar refractivity (Wildman–Crippen MR) is 39.6 cm³/mol. The van der Waals surface area contributed by atoms with E-state index in [2.05, 4.69) is 4.98 Å². The van der Waals surface area contributed by atoms with E-state index in [9.17, 15) is 0 Å². The van der Waals surface area contributed by atoms with Gasteiger partial charge in [0.1, 0.15) is 5.82 Å². The van der Waals surface area contributed by atoms with Crippen molar-refractivity contribution in [1.82, 2.24) is 4.98 Å². The first kappa shape index (κ1) is 7.31. The molecule has 0 spiro atoms. The predicted octanol–water partition coefficient (Wildman–Crippen LogP) is 0.810. The molecule has 1 heterocycles. The molecule has 0 fully saturated rings. The van der Waals surface area contributed by atoms with Crippen LogP contribution >= 0.6 is 11.6 Å². The zero-order chi connectivity index (χ0) is 7.56. The number of pyridine rings is 1. The Morgan fingerprint density at radius 2 is 2.30 bits per heavy atom. The highest BCUT2D eigenvalue weighted by Crippen LogP contribution is 2.12. The Balaban J connectivity index is 3.06. The zero-order valence-electron chi connectivity index (χ0n) is 5.21. The molecule has 1 rings (SSSR count). The molecule has 0 aromatic carbocycles. The van der Waals surface area contributed by atoms with E-state index in [4.69, 9.17) is 22.4 Å². The third-order valence-corrected chi connectivity index (χ3v) is 1.24. The SMILES string of the molecule is Nc1cc(Cl)cc(CO)n1. The molecule has 0 aliphatic heterocycles. The number of rotatable bonds is 1. The quantitative estimate of drug-likeness (QED) is 0.636. The van der Waals surface area contributed by atoms with Gasteiger partial charge < -0.3 is 10.8 Å². The third-order valence-electron chi connectivity index (χ3n) is 1.02. The molecule has 0 amide bonds. The van der Waals surface area contributed by atoms with Gasteiger partial charge in [-0.25, -0.2) is 4.98 Å². The van der Waals surface area contributed by atoms with Crippen LogP contribution in [0.25, 0.3) is 0 Å². The molecule has 0 bridgehead atoms. The standard InChI is InChI=1S/C6H7ClN2O/c7-4-1-5(3-10)9-6(8)2-4/h1-2,10H,3H2,(H2,8,9). The van der Waals surface area contributed by atoms with Crippen LogP contribution in [0.2, 0.25) is 5.02 Å². The minimum atomic E-state index is -0.134. The highest BCUT2D eigenvalue weighted by Gasteiger charge is 1.95. The van der Waals surface area contributed by atoms with E-state index < -0.39 is 0 Å². The van der Waals surface area contributed by atoms with E-state index in [0.717, 1.165) is 0 Å². The minimum absolute atomic E-state index is 0.134. The number of nitrogen functional groups attached to an aromatic ring is 1. The number of aliphatic hydroxyl groups is 1. The number of nitrogens with zero attached hydrogens (tertiary/aromatic N) is 1. The molecule has 3 N–H and O–H groups in total. The van der Waals surface area contributed by atoms with Crippen LogP contribution in [0.4, 0.5) is 5.82 Å². The maximum Gasteiger partial charge on any atom is 0.125 e. The van der Waals surface area contributed by atoms with Crippen molar-refractivity contribution in [3.8, 4) is 0 Å². The van der Waals surface area contributed by atoms with Crippen LogP contribution in [0.1, 0.15) is 5.69 Å². The van der Waals surface area contributed by atoms with Gasteiger partial charge in [-0.15, -0.1) is 0 Å². The lowest BCUT2D eigenvalue weighted by molar-refractivity contribution is 0.277. The number of anilines is 1. The molecule has 0 radical (unpaired) electrons. The molecule has 0 aliphatic rings. The van der Waals surface area contributed by atoms with Gasteiger partial charge in [0.2, 0.25) is 0 Å². The second-order valence-electron chi connectivity index (χ2n) is 1.86. The largest absolute Gasteiger partial charge is 0.390 e. The Bertz CT molecular complexity index is 219. The van der Waals surface area contributed by atoms with Gasteiger partial charge in [-0.1, -0.05) is 11.6 Å². The summed E-state index contributed by atoms with van der Waals surface area (Å²) in [7, 11) is 0. The number of halogens is 1. The number of hydrogen-bond donors (Lipinski definition) is 2. The van der Waals surface area contributed by atoms with Gasteiger partial charge in [0.15, 0.2) is 0 Å². The van der Waals surface area contributed by atoms with Gasteiger partial charge >= 0.3 is 0 Å². The van der Waals surface area contributed by atoms with E-state index in [1.54, 1.807) is 6.07 Å². The highest BCUT2D eigenvalue weighted by molar-refractivity contribution is 6.30. The van der Waals surface area contributed by atoms with Crippen molar-refractivity contribution in [2.24, 2.45) is 0 Å². The monoisotopic (exact) mass is 158 g/mol. The summed E-state index contributed by atoms with van der Waals surface area (Å²) in [6, 6.07) is 3.10. The summed E-state index contributed by atoms with van der Waals surface area (Å²) in [6.45, 7) is -0.134. The summed E-state index contributed by atoms with van der Waals surface area (Å²) >= 11 is 5.60. The molecule has 0 unspecified atom stereocenters. The molecule has 0 atom stereocenters. The molecular weight excluding hydrogens is 152 g/mol. The maximum absolute atomic E-state index is 8.61. The maximum atomic E-state index is 8.61. The van der Waals surface area contributed by atoms with Crippen molar-refractivity contribution in [3.63, 3.8) is 0 Å². The highest BCUT2D eigenvalue weighted by atomic mass is 35.5. The minimum Gasteiger partial charge on any atom is -0.390 e. The van der Waals surface area contributed by atoms with Gasteiger partial charge in [0.05, 0.1) is 12.3 Å². The first-order chi connectivity index (χ1) is 4.72. The Labute approximate surface area is 63.5 Å². The number of aromatic nitrogens is 1. The molecule has 0 saturated heterocycles. The zero-order valence-corrected chi connectivity index (χ0v) is 5.97. The van der Waals surface area contributed by atoms with Gasteiger partial charge in [-0.05, 0) is 12.1 Å². The Kier molecular flexibility index (Phi) is 2.09. The molecular formula is C6H7ClN2O. The number of aliphatic hydroxyl groups excluding tert-OH is 1. The van der Waals surface area contributed by atoms with Crippen molar-refractivity contribution < 1.29 is 5.11 Å². The summed E-state index contributed by atoms with van der Waals surface area (Å²) < 4.78 is 0. The van der Waals surface area contributed by atoms with E-state index >= 15 is 0 Å². The van der Waals surface area contributed by atoms with Gasteiger partial charge in [0.25, 0.3) is 0 Å². The average Bonchev–Trinajstić information content (AvgIpc) is 1.85. The first-order valence-corrected chi connectivity index (χ1v) is 3.13. The fourth-order valence-electron chi connectivity index (χ4n) is 0.653. The van der Waals surface area contributed by atoms with Crippen LogP contribution in [0.15, 0.2) is 12.1 Å². The normalized spacial score (nSPS) is 9.80. The lowest BCUT2D eigenvalue weighted by Crippen LogP contribution is -1.94. The summed E-state index contributed by atoms with van der Waals surface area (Å²) in [5.74, 6) is 0.330. The molecule has 3 nitrogen and oxygen atoms in total. The Hall–Kier alpha value is -0.800. The third kappa shape index (κ3) is 1.59. The van der Waals surface area contributed by atoms with Gasteiger partial charge in [0, 0.05) is 5.02 Å². The van der Waals surface area contributed by atoms with Crippen LogP contribution < -0.4 is 5.73 Å². The lowest BCUT2D eigenvalue weighted by atomic mass is 10.3. The summed E-state index contributed by atoms with van der Waals surface area (Å²) in [5, 5.41) is 9.11. The van der Waals surface area contributed by atoms with E-state index in [1.807, 2.05) is 0 Å². The summed E-state index contributed by atoms with van der Waals surface area (Å²) in [4.78, 5) is 3.80. The fraction of sp³-hybridized carbons (Fsp3) is 0.167. The Morgan fingerprint density at radius 1 is 1.60 bits per heavy atom.